The maximum Gasteiger partial charge on any atom is 0.326 e. The van der Waals surface area contributed by atoms with Gasteiger partial charge in [0, 0.05) is 31.1 Å². The van der Waals surface area contributed by atoms with E-state index < -0.39 is 12.0 Å². The van der Waals surface area contributed by atoms with E-state index >= 15 is 0 Å². The Morgan fingerprint density at radius 3 is 2.92 bits per heavy atom. The van der Waals surface area contributed by atoms with Gasteiger partial charge in [0.1, 0.15) is 6.04 Å². The van der Waals surface area contributed by atoms with E-state index in [4.69, 9.17) is 0 Å². The molecule has 8 heteroatoms. The van der Waals surface area contributed by atoms with Gasteiger partial charge in [0.25, 0.3) is 5.56 Å². The predicted octanol–water partition coefficient (Wildman–Crippen LogP) is 0.308. The standard InChI is InChI=1S/C16H18N4O4/c1-10-3-2-4-14(21)19(10)6-5-15(22)20-8-12-11(17-9-18-12)7-13(20)16(23)24/h2-4,9,13H,5-8H2,1H3,(H,17,18)(H,23,24). The minimum atomic E-state index is -1.05. The molecule has 0 spiro atoms. The van der Waals surface area contributed by atoms with E-state index in [0.717, 1.165) is 11.4 Å². The fraction of sp³-hybridized carbons (Fsp3) is 0.375. The highest BCUT2D eigenvalue weighted by molar-refractivity contribution is 5.84. The highest BCUT2D eigenvalue weighted by Gasteiger charge is 2.35. The van der Waals surface area contributed by atoms with Gasteiger partial charge in [-0.3, -0.25) is 9.59 Å². The van der Waals surface area contributed by atoms with Gasteiger partial charge in [-0.05, 0) is 13.0 Å². The second kappa shape index (κ2) is 6.31. The van der Waals surface area contributed by atoms with Crippen LogP contribution in [0.3, 0.4) is 0 Å². The molecule has 0 aromatic carbocycles. The molecule has 0 aliphatic carbocycles. The zero-order chi connectivity index (χ0) is 17.3. The van der Waals surface area contributed by atoms with E-state index in [1.54, 1.807) is 19.1 Å². The number of fused-ring (bicyclic) bond motifs is 1. The second-order valence-electron chi connectivity index (χ2n) is 5.81. The number of carboxylic acid groups (broad SMARTS) is 1. The summed E-state index contributed by atoms with van der Waals surface area (Å²) >= 11 is 0. The molecule has 1 amide bonds. The quantitative estimate of drug-likeness (QED) is 0.838. The number of aryl methyl sites for hydroxylation is 1. The van der Waals surface area contributed by atoms with Gasteiger partial charge in [0.2, 0.25) is 5.91 Å². The summed E-state index contributed by atoms with van der Waals surface area (Å²) in [5.41, 5.74) is 2.03. The van der Waals surface area contributed by atoms with Crippen LogP contribution >= 0.6 is 0 Å². The lowest BCUT2D eigenvalue weighted by Gasteiger charge is -2.32. The Morgan fingerprint density at radius 2 is 2.21 bits per heavy atom. The minimum absolute atomic E-state index is 0.0675. The number of hydrogen-bond donors (Lipinski definition) is 2. The fourth-order valence-corrected chi connectivity index (χ4v) is 2.98. The first-order valence-corrected chi connectivity index (χ1v) is 7.67. The van der Waals surface area contributed by atoms with E-state index in [1.807, 2.05) is 0 Å². The number of imidazole rings is 1. The molecule has 126 valence electrons. The van der Waals surface area contributed by atoms with E-state index in [1.165, 1.54) is 21.9 Å². The highest BCUT2D eigenvalue weighted by Crippen LogP contribution is 2.21. The van der Waals surface area contributed by atoms with Crippen LogP contribution in [0.15, 0.2) is 29.3 Å². The second-order valence-corrected chi connectivity index (χ2v) is 5.81. The van der Waals surface area contributed by atoms with Crippen LogP contribution < -0.4 is 5.56 Å². The first kappa shape index (κ1) is 16.0. The summed E-state index contributed by atoms with van der Waals surface area (Å²) in [6.07, 6.45) is 1.76. The van der Waals surface area contributed by atoms with Crippen LogP contribution in [-0.4, -0.2) is 42.5 Å². The maximum absolute atomic E-state index is 12.6. The number of aliphatic carboxylic acids is 1. The molecular formula is C16H18N4O4. The molecule has 0 radical (unpaired) electrons. The van der Waals surface area contributed by atoms with Crippen LogP contribution in [0.2, 0.25) is 0 Å². The van der Waals surface area contributed by atoms with Crippen molar-refractivity contribution in [2.75, 3.05) is 0 Å². The third kappa shape index (κ3) is 2.94. The largest absolute Gasteiger partial charge is 0.480 e. The topological polar surface area (TPSA) is 108 Å². The lowest BCUT2D eigenvalue weighted by molar-refractivity contribution is -0.151. The smallest absolute Gasteiger partial charge is 0.326 e. The Kier molecular flexibility index (Phi) is 4.20. The monoisotopic (exact) mass is 330 g/mol. The number of rotatable bonds is 4. The van der Waals surface area contributed by atoms with Crippen molar-refractivity contribution in [1.29, 1.82) is 0 Å². The molecule has 2 N–H and O–H groups in total. The van der Waals surface area contributed by atoms with E-state index in [-0.39, 0.29) is 37.4 Å². The molecule has 8 nitrogen and oxygen atoms in total. The van der Waals surface area contributed by atoms with Crippen molar-refractivity contribution in [3.8, 4) is 0 Å². The normalized spacial score (nSPS) is 16.7. The SMILES string of the molecule is Cc1cccc(=O)n1CCC(=O)N1Cc2[nH]cnc2CC1C(=O)O. The predicted molar refractivity (Wildman–Crippen MR) is 84.3 cm³/mol. The summed E-state index contributed by atoms with van der Waals surface area (Å²) in [4.78, 5) is 44.3. The zero-order valence-electron chi connectivity index (χ0n) is 13.2. The van der Waals surface area contributed by atoms with Crippen LogP contribution in [0.4, 0.5) is 0 Å². The van der Waals surface area contributed by atoms with Crippen LogP contribution in [-0.2, 0) is 29.1 Å². The van der Waals surface area contributed by atoms with Gasteiger partial charge < -0.3 is 19.6 Å². The van der Waals surface area contributed by atoms with Crippen LogP contribution in [0.25, 0.3) is 0 Å². The maximum atomic E-state index is 12.6. The molecule has 2 aromatic rings. The molecule has 1 unspecified atom stereocenters. The van der Waals surface area contributed by atoms with Crippen molar-refractivity contribution >= 4 is 11.9 Å². The number of nitrogens with zero attached hydrogens (tertiary/aromatic N) is 3. The Labute approximate surface area is 137 Å². The lowest BCUT2D eigenvalue weighted by Crippen LogP contribution is -2.49. The van der Waals surface area contributed by atoms with Gasteiger partial charge in [-0.2, -0.15) is 0 Å². The molecule has 1 aliphatic rings. The number of aromatic amines is 1. The molecule has 2 aromatic heterocycles. The number of amides is 1. The fourth-order valence-electron chi connectivity index (χ4n) is 2.98. The van der Waals surface area contributed by atoms with Crippen LogP contribution in [0, 0.1) is 6.92 Å². The molecular weight excluding hydrogens is 312 g/mol. The summed E-state index contributed by atoms with van der Waals surface area (Å²) in [5.74, 6) is -1.34. The van der Waals surface area contributed by atoms with E-state index in [2.05, 4.69) is 9.97 Å². The molecule has 1 atom stereocenters. The Balaban J connectivity index is 1.76. The number of nitrogens with one attached hydrogen (secondary N) is 1. The van der Waals surface area contributed by atoms with Crippen molar-refractivity contribution in [2.45, 2.75) is 38.9 Å². The van der Waals surface area contributed by atoms with Crippen molar-refractivity contribution in [1.82, 2.24) is 19.4 Å². The van der Waals surface area contributed by atoms with Gasteiger partial charge in [-0.15, -0.1) is 0 Å². The molecule has 0 fully saturated rings. The van der Waals surface area contributed by atoms with Gasteiger partial charge in [-0.25, -0.2) is 9.78 Å². The number of carbonyl (C=O) groups excluding carboxylic acids is 1. The number of carbonyl (C=O) groups is 2. The highest BCUT2D eigenvalue weighted by atomic mass is 16.4. The van der Waals surface area contributed by atoms with E-state index in [0.29, 0.717) is 5.69 Å². The lowest BCUT2D eigenvalue weighted by atomic mass is 10.0. The molecule has 0 bridgehead atoms. The number of pyridine rings is 1. The van der Waals surface area contributed by atoms with Crippen molar-refractivity contribution in [2.24, 2.45) is 0 Å². The molecule has 0 saturated heterocycles. The average Bonchev–Trinajstić information content (AvgIpc) is 3.00. The Bertz CT molecular complexity index is 839. The minimum Gasteiger partial charge on any atom is -0.480 e. The zero-order valence-corrected chi connectivity index (χ0v) is 13.2. The summed E-state index contributed by atoms with van der Waals surface area (Å²) in [5, 5.41) is 9.41. The van der Waals surface area contributed by atoms with Gasteiger partial charge >= 0.3 is 5.97 Å². The first-order chi connectivity index (χ1) is 11.5. The van der Waals surface area contributed by atoms with Gasteiger partial charge in [-0.1, -0.05) is 6.07 Å². The first-order valence-electron chi connectivity index (χ1n) is 7.67. The third-order valence-electron chi connectivity index (χ3n) is 4.32. The summed E-state index contributed by atoms with van der Waals surface area (Å²) in [6, 6.07) is 3.97. The average molecular weight is 330 g/mol. The van der Waals surface area contributed by atoms with Crippen molar-refractivity contribution in [3.63, 3.8) is 0 Å². The Hall–Kier alpha value is -2.90. The van der Waals surface area contributed by atoms with Crippen LogP contribution in [0.1, 0.15) is 23.5 Å². The van der Waals surface area contributed by atoms with Gasteiger partial charge in [0.05, 0.1) is 24.3 Å². The molecule has 1 aliphatic heterocycles. The number of carboxylic acids is 1. The van der Waals surface area contributed by atoms with Crippen molar-refractivity contribution < 1.29 is 14.7 Å². The van der Waals surface area contributed by atoms with Crippen LogP contribution in [0.5, 0.6) is 0 Å². The van der Waals surface area contributed by atoms with E-state index in [9.17, 15) is 19.5 Å². The molecule has 3 rings (SSSR count). The summed E-state index contributed by atoms with van der Waals surface area (Å²) in [6.45, 7) is 2.21. The van der Waals surface area contributed by atoms with Gasteiger partial charge in [0.15, 0.2) is 0 Å². The molecule has 0 saturated carbocycles. The molecule has 24 heavy (non-hydrogen) atoms. The number of aromatic nitrogens is 3. The summed E-state index contributed by atoms with van der Waals surface area (Å²) < 4.78 is 1.51. The molecule has 3 heterocycles. The number of H-pyrrole nitrogens is 1. The third-order valence-corrected chi connectivity index (χ3v) is 4.32. The van der Waals surface area contributed by atoms with Crippen molar-refractivity contribution in [3.05, 3.63) is 52.0 Å². The Morgan fingerprint density at radius 1 is 1.42 bits per heavy atom. The number of hydrogen-bond acceptors (Lipinski definition) is 4. The summed E-state index contributed by atoms with van der Waals surface area (Å²) in [7, 11) is 0.